The minimum Gasteiger partial charge on any atom is -0.408 e. The molecule has 2 heterocycles. The predicted octanol–water partition coefficient (Wildman–Crippen LogP) is 2.59. The fourth-order valence-electron chi connectivity index (χ4n) is 3.41. The molecule has 0 saturated heterocycles. The minimum absolute atomic E-state index is 0.175. The molecule has 4 aromatic rings. The number of benzene rings is 2. The van der Waals surface area contributed by atoms with Crippen LogP contribution >= 0.6 is 0 Å². The van der Waals surface area contributed by atoms with Crippen molar-refractivity contribution in [1.82, 2.24) is 13.9 Å². The topological polar surface area (TPSA) is 91.2 Å². The Morgan fingerprint density at radius 2 is 1.69 bits per heavy atom. The van der Waals surface area contributed by atoms with Crippen molar-refractivity contribution in [2.45, 2.75) is 19.9 Å². The molecule has 0 bridgehead atoms. The summed E-state index contributed by atoms with van der Waals surface area (Å²) in [4.78, 5) is 38.1. The van der Waals surface area contributed by atoms with E-state index in [-0.39, 0.29) is 11.2 Å². The monoisotopic (exact) mass is 392 g/mol. The first-order chi connectivity index (χ1) is 13.9. The van der Waals surface area contributed by atoms with Crippen LogP contribution in [0, 0.1) is 6.92 Å². The Morgan fingerprint density at radius 1 is 1.03 bits per heavy atom. The van der Waals surface area contributed by atoms with E-state index in [2.05, 4.69) is 5.32 Å². The van der Waals surface area contributed by atoms with Gasteiger partial charge in [-0.3, -0.25) is 18.8 Å². The lowest BCUT2D eigenvalue weighted by atomic mass is 10.2. The summed E-state index contributed by atoms with van der Waals surface area (Å²) in [5.74, 6) is -1.11. The van der Waals surface area contributed by atoms with Crippen molar-refractivity contribution in [3.05, 3.63) is 81.2 Å². The van der Waals surface area contributed by atoms with E-state index in [4.69, 9.17) is 4.42 Å². The van der Waals surface area contributed by atoms with Crippen LogP contribution in [0.4, 0.5) is 5.69 Å². The van der Waals surface area contributed by atoms with Gasteiger partial charge in [0.2, 0.25) is 5.91 Å². The van der Waals surface area contributed by atoms with Crippen molar-refractivity contribution in [2.75, 3.05) is 5.32 Å². The third-order valence-electron chi connectivity index (χ3n) is 5.09. The third kappa shape index (κ3) is 2.98. The van der Waals surface area contributed by atoms with Crippen LogP contribution in [-0.4, -0.2) is 19.8 Å². The fourth-order valence-corrected chi connectivity index (χ4v) is 3.41. The first-order valence-corrected chi connectivity index (χ1v) is 9.15. The van der Waals surface area contributed by atoms with E-state index in [0.29, 0.717) is 22.5 Å². The molecule has 0 aliphatic heterocycles. The lowest BCUT2D eigenvalue weighted by Crippen LogP contribution is -2.31. The number of nitrogens with zero attached hydrogens (tertiary/aromatic N) is 3. The molecule has 0 aliphatic carbocycles. The molecule has 8 heteroatoms. The Labute approximate surface area is 165 Å². The number of amides is 1. The van der Waals surface area contributed by atoms with Crippen molar-refractivity contribution in [3.8, 4) is 5.69 Å². The van der Waals surface area contributed by atoms with Gasteiger partial charge < -0.3 is 9.73 Å². The van der Waals surface area contributed by atoms with Crippen molar-refractivity contribution in [2.24, 2.45) is 7.05 Å². The average Bonchev–Trinajstić information content (AvgIpc) is 3.16. The van der Waals surface area contributed by atoms with Gasteiger partial charge in [0.15, 0.2) is 5.58 Å². The average molecular weight is 392 g/mol. The van der Waals surface area contributed by atoms with Gasteiger partial charge in [0.05, 0.1) is 16.9 Å². The van der Waals surface area contributed by atoms with E-state index in [1.54, 1.807) is 49.8 Å². The van der Waals surface area contributed by atoms with Crippen LogP contribution in [0.2, 0.25) is 0 Å². The van der Waals surface area contributed by atoms with E-state index < -0.39 is 17.7 Å². The maximum atomic E-state index is 13.0. The van der Waals surface area contributed by atoms with Crippen LogP contribution in [0.25, 0.3) is 16.8 Å². The Kier molecular flexibility index (Phi) is 4.46. The molecule has 0 radical (unpaired) electrons. The van der Waals surface area contributed by atoms with Gasteiger partial charge in [-0.15, -0.1) is 0 Å². The number of oxazole rings is 1. The number of carbonyl (C=O) groups excluding carboxylic acids is 1. The lowest BCUT2D eigenvalue weighted by Gasteiger charge is -2.12. The van der Waals surface area contributed by atoms with E-state index in [1.165, 1.54) is 9.25 Å². The Morgan fingerprint density at radius 3 is 2.41 bits per heavy atom. The molecule has 4 rings (SSSR count). The number of hydrogen-bond acceptors (Lipinski definition) is 4. The second kappa shape index (κ2) is 6.97. The molecule has 1 unspecified atom stereocenters. The highest BCUT2D eigenvalue weighted by Crippen LogP contribution is 2.19. The number of para-hydroxylation sites is 3. The zero-order valence-corrected chi connectivity index (χ0v) is 16.2. The third-order valence-corrected chi connectivity index (χ3v) is 5.09. The summed E-state index contributed by atoms with van der Waals surface area (Å²) >= 11 is 0. The van der Waals surface area contributed by atoms with Gasteiger partial charge >= 0.3 is 5.76 Å². The van der Waals surface area contributed by atoms with E-state index in [9.17, 15) is 14.4 Å². The predicted molar refractivity (Wildman–Crippen MR) is 110 cm³/mol. The molecule has 2 aromatic heterocycles. The molecule has 1 N–H and O–H groups in total. The highest BCUT2D eigenvalue weighted by Gasteiger charge is 2.24. The van der Waals surface area contributed by atoms with Gasteiger partial charge in [0.1, 0.15) is 11.7 Å². The molecular weight excluding hydrogens is 372 g/mol. The van der Waals surface area contributed by atoms with Gasteiger partial charge in [0.25, 0.3) is 5.56 Å². The van der Waals surface area contributed by atoms with Gasteiger partial charge in [-0.1, -0.05) is 30.3 Å². The van der Waals surface area contributed by atoms with E-state index in [1.807, 2.05) is 30.3 Å². The Balaban J connectivity index is 1.71. The number of nitrogens with one attached hydrogen (secondary N) is 1. The number of aromatic nitrogens is 3. The molecule has 1 amide bonds. The lowest BCUT2D eigenvalue weighted by molar-refractivity contribution is -0.118. The van der Waals surface area contributed by atoms with Crippen LogP contribution in [0.1, 0.15) is 18.7 Å². The van der Waals surface area contributed by atoms with E-state index >= 15 is 0 Å². The largest absolute Gasteiger partial charge is 0.420 e. The van der Waals surface area contributed by atoms with Crippen molar-refractivity contribution in [3.63, 3.8) is 0 Å². The van der Waals surface area contributed by atoms with Crippen LogP contribution < -0.4 is 16.6 Å². The van der Waals surface area contributed by atoms with Crippen LogP contribution in [-0.2, 0) is 11.8 Å². The first-order valence-electron chi connectivity index (χ1n) is 9.15. The molecule has 0 aliphatic rings. The summed E-state index contributed by atoms with van der Waals surface area (Å²) in [5, 5.41) is 2.69. The molecule has 29 heavy (non-hydrogen) atoms. The summed E-state index contributed by atoms with van der Waals surface area (Å²) in [5.41, 5.74) is 2.04. The second-order valence-electron chi connectivity index (χ2n) is 6.81. The summed E-state index contributed by atoms with van der Waals surface area (Å²) in [6, 6.07) is 15.2. The summed E-state index contributed by atoms with van der Waals surface area (Å²) in [7, 11) is 1.75. The van der Waals surface area contributed by atoms with Crippen molar-refractivity contribution in [1.29, 1.82) is 0 Å². The minimum atomic E-state index is -0.865. The smallest absolute Gasteiger partial charge is 0.408 e. The van der Waals surface area contributed by atoms with Gasteiger partial charge in [-0.05, 0) is 38.1 Å². The quantitative estimate of drug-likeness (QED) is 0.578. The number of hydrogen-bond donors (Lipinski definition) is 1. The molecule has 0 saturated carbocycles. The van der Waals surface area contributed by atoms with Crippen molar-refractivity contribution < 1.29 is 9.21 Å². The standard InChI is InChI=1S/C21H20N4O4/c1-13-18(20(27)25(23(13)3)15-9-5-4-6-10-15)22-19(26)14(2)24-16-11-7-8-12-17(16)29-21(24)28/h4-12,14H,1-3H3,(H,22,26). The first kappa shape index (κ1) is 18.5. The van der Waals surface area contributed by atoms with Crippen LogP contribution in [0.3, 0.4) is 0 Å². The second-order valence-corrected chi connectivity index (χ2v) is 6.81. The Bertz CT molecular complexity index is 1320. The normalized spacial score (nSPS) is 12.2. The van der Waals surface area contributed by atoms with Crippen LogP contribution in [0.15, 0.2) is 68.6 Å². The molecule has 2 aromatic carbocycles. The summed E-state index contributed by atoms with van der Waals surface area (Å²) in [6.45, 7) is 3.34. The van der Waals surface area contributed by atoms with Crippen molar-refractivity contribution >= 4 is 22.7 Å². The van der Waals surface area contributed by atoms with Gasteiger partial charge in [-0.25, -0.2) is 9.48 Å². The highest BCUT2D eigenvalue weighted by atomic mass is 16.4. The fraction of sp³-hybridized carbons (Fsp3) is 0.190. The number of anilines is 1. The molecule has 1 atom stereocenters. The van der Waals surface area contributed by atoms with Gasteiger partial charge in [0, 0.05) is 7.05 Å². The van der Waals surface area contributed by atoms with E-state index in [0.717, 1.165) is 0 Å². The molecule has 148 valence electrons. The summed E-state index contributed by atoms with van der Waals surface area (Å²) < 4.78 is 9.64. The molecular formula is C21H20N4O4. The number of rotatable bonds is 4. The Hall–Kier alpha value is -3.81. The molecule has 0 spiro atoms. The molecule has 0 fully saturated rings. The number of fused-ring (bicyclic) bond motifs is 1. The van der Waals surface area contributed by atoms with Gasteiger partial charge in [-0.2, -0.15) is 0 Å². The van der Waals surface area contributed by atoms with Crippen LogP contribution in [0.5, 0.6) is 0 Å². The molecule has 8 nitrogen and oxygen atoms in total. The SMILES string of the molecule is Cc1c(NC(=O)C(C)n2c(=O)oc3ccccc32)c(=O)n(-c2ccccc2)n1C. The zero-order chi connectivity index (χ0) is 20.7. The zero-order valence-electron chi connectivity index (χ0n) is 16.2. The maximum absolute atomic E-state index is 13.0. The highest BCUT2D eigenvalue weighted by molar-refractivity contribution is 5.94. The number of carbonyl (C=O) groups is 1. The maximum Gasteiger partial charge on any atom is 0.420 e. The summed E-state index contributed by atoms with van der Waals surface area (Å²) in [6.07, 6.45) is 0.